The molecule has 7 heteroatoms. The minimum absolute atomic E-state index is 0.0283. The van der Waals surface area contributed by atoms with Gasteiger partial charge < -0.3 is 5.32 Å². The van der Waals surface area contributed by atoms with Gasteiger partial charge in [0.25, 0.3) is 5.91 Å². The van der Waals surface area contributed by atoms with Crippen molar-refractivity contribution in [1.29, 1.82) is 0 Å². The van der Waals surface area contributed by atoms with Gasteiger partial charge in [0.05, 0.1) is 4.90 Å². The summed E-state index contributed by atoms with van der Waals surface area (Å²) in [6.45, 7) is 3.63. The van der Waals surface area contributed by atoms with Crippen LogP contribution in [0.3, 0.4) is 0 Å². The molecule has 0 fully saturated rings. The fraction of sp³-hybridized carbons (Fsp3) is 0.300. The summed E-state index contributed by atoms with van der Waals surface area (Å²) < 4.78 is 22.9. The number of primary sulfonamides is 1. The number of carbonyl (C=O) groups is 1. The van der Waals surface area contributed by atoms with E-state index in [1.807, 2.05) is 13.8 Å². The van der Waals surface area contributed by atoms with Crippen LogP contribution in [0.15, 0.2) is 27.6 Å². The minimum atomic E-state index is -3.82. The van der Waals surface area contributed by atoms with Crippen molar-refractivity contribution in [3.63, 3.8) is 0 Å². The average molecular weight is 321 g/mol. The van der Waals surface area contributed by atoms with Crippen molar-refractivity contribution in [1.82, 2.24) is 5.32 Å². The lowest BCUT2D eigenvalue weighted by molar-refractivity contribution is 0.0943. The average Bonchev–Trinajstić information content (AvgIpc) is 2.14. The van der Waals surface area contributed by atoms with Crippen molar-refractivity contribution in [2.45, 2.75) is 24.8 Å². The Hall–Kier alpha value is -0.920. The van der Waals surface area contributed by atoms with Crippen LogP contribution in [0.25, 0.3) is 0 Å². The summed E-state index contributed by atoms with van der Waals surface area (Å²) in [5, 5.41) is 7.69. The topological polar surface area (TPSA) is 89.3 Å². The lowest BCUT2D eigenvalue weighted by Crippen LogP contribution is -2.30. The molecule has 1 aromatic carbocycles. The summed E-state index contributed by atoms with van der Waals surface area (Å²) >= 11 is 3.14. The zero-order valence-corrected chi connectivity index (χ0v) is 11.8. The first-order valence-electron chi connectivity index (χ1n) is 4.84. The van der Waals surface area contributed by atoms with Crippen LogP contribution >= 0.6 is 15.9 Å². The van der Waals surface area contributed by atoms with Gasteiger partial charge in [0, 0.05) is 16.1 Å². The Morgan fingerprint density at radius 2 is 1.94 bits per heavy atom. The van der Waals surface area contributed by atoms with Crippen molar-refractivity contribution in [2.24, 2.45) is 5.14 Å². The molecule has 0 aromatic heterocycles. The fourth-order valence-corrected chi connectivity index (χ4v) is 2.43. The lowest BCUT2D eigenvalue weighted by atomic mass is 10.2. The highest BCUT2D eigenvalue weighted by atomic mass is 79.9. The lowest BCUT2D eigenvalue weighted by Gasteiger charge is -2.09. The van der Waals surface area contributed by atoms with Gasteiger partial charge in [-0.3, -0.25) is 4.79 Å². The first-order chi connectivity index (χ1) is 7.70. The zero-order valence-electron chi connectivity index (χ0n) is 9.40. The normalized spacial score (nSPS) is 11.6. The Morgan fingerprint density at radius 3 is 2.41 bits per heavy atom. The molecule has 1 rings (SSSR count). The predicted octanol–water partition coefficient (Wildman–Crippen LogP) is 1.23. The van der Waals surface area contributed by atoms with Crippen molar-refractivity contribution >= 4 is 31.9 Å². The van der Waals surface area contributed by atoms with Crippen LogP contribution in [0.5, 0.6) is 0 Å². The van der Waals surface area contributed by atoms with E-state index in [2.05, 4.69) is 21.2 Å². The predicted molar refractivity (Wildman–Crippen MR) is 68.1 cm³/mol. The van der Waals surface area contributed by atoms with E-state index in [1.165, 1.54) is 18.2 Å². The molecule has 1 amide bonds. The summed E-state index contributed by atoms with van der Waals surface area (Å²) in [4.78, 5) is 11.6. The maximum Gasteiger partial charge on any atom is 0.251 e. The monoisotopic (exact) mass is 320 g/mol. The number of benzene rings is 1. The molecule has 0 aliphatic heterocycles. The molecule has 0 heterocycles. The summed E-state index contributed by atoms with van der Waals surface area (Å²) in [6, 6.07) is 4.10. The number of hydrogen-bond acceptors (Lipinski definition) is 3. The van der Waals surface area contributed by atoms with Crippen LogP contribution in [-0.2, 0) is 10.0 Å². The maximum atomic E-state index is 11.7. The molecule has 0 aliphatic carbocycles. The highest BCUT2D eigenvalue weighted by molar-refractivity contribution is 9.10. The molecular weight excluding hydrogens is 308 g/mol. The van der Waals surface area contributed by atoms with Crippen molar-refractivity contribution in [3.8, 4) is 0 Å². The zero-order chi connectivity index (χ0) is 13.2. The number of rotatable bonds is 3. The van der Waals surface area contributed by atoms with Crippen LogP contribution in [0.1, 0.15) is 24.2 Å². The first kappa shape index (κ1) is 14.1. The van der Waals surface area contributed by atoms with Gasteiger partial charge in [-0.1, -0.05) is 15.9 Å². The van der Waals surface area contributed by atoms with Crippen LogP contribution in [-0.4, -0.2) is 20.4 Å². The third-order valence-electron chi connectivity index (χ3n) is 1.88. The number of nitrogens with two attached hydrogens (primary N) is 1. The van der Waals surface area contributed by atoms with E-state index in [4.69, 9.17) is 5.14 Å². The molecule has 0 bridgehead atoms. The van der Waals surface area contributed by atoms with Gasteiger partial charge in [-0.25, -0.2) is 13.6 Å². The van der Waals surface area contributed by atoms with Crippen molar-refractivity contribution < 1.29 is 13.2 Å². The number of carbonyl (C=O) groups excluding carboxylic acids is 1. The van der Waals surface area contributed by atoms with Crippen molar-refractivity contribution in [3.05, 3.63) is 28.2 Å². The first-order valence-corrected chi connectivity index (χ1v) is 7.18. The van der Waals surface area contributed by atoms with Crippen LogP contribution in [0, 0.1) is 0 Å². The SMILES string of the molecule is CC(C)NC(=O)c1cc(Br)cc(S(N)(=O)=O)c1. The Labute approximate surface area is 109 Å². The number of hydrogen-bond donors (Lipinski definition) is 2. The molecule has 0 atom stereocenters. The molecule has 17 heavy (non-hydrogen) atoms. The van der Waals surface area contributed by atoms with E-state index < -0.39 is 10.0 Å². The molecule has 3 N–H and O–H groups in total. The minimum Gasteiger partial charge on any atom is -0.350 e. The second-order valence-corrected chi connectivity index (χ2v) is 6.33. The van der Waals surface area contributed by atoms with Gasteiger partial charge in [0.1, 0.15) is 0 Å². The Bertz CT molecular complexity index is 540. The van der Waals surface area contributed by atoms with Gasteiger partial charge in [0.2, 0.25) is 10.0 Å². The second-order valence-electron chi connectivity index (χ2n) is 3.85. The molecule has 94 valence electrons. The summed E-state index contributed by atoms with van der Waals surface area (Å²) in [5.74, 6) is -0.341. The Balaban J connectivity index is 3.19. The number of sulfonamides is 1. The van der Waals surface area contributed by atoms with Gasteiger partial charge in [-0.2, -0.15) is 0 Å². The fourth-order valence-electron chi connectivity index (χ4n) is 1.20. The molecule has 0 aliphatic rings. The largest absolute Gasteiger partial charge is 0.350 e. The number of amides is 1. The second kappa shape index (κ2) is 5.16. The molecule has 0 radical (unpaired) electrons. The Morgan fingerprint density at radius 1 is 1.35 bits per heavy atom. The molecule has 0 unspecified atom stereocenters. The Kier molecular flexibility index (Phi) is 4.29. The molecule has 0 saturated heterocycles. The van der Waals surface area contributed by atoms with E-state index >= 15 is 0 Å². The smallest absolute Gasteiger partial charge is 0.251 e. The highest BCUT2D eigenvalue weighted by Crippen LogP contribution is 2.18. The van der Waals surface area contributed by atoms with Crippen LogP contribution < -0.4 is 10.5 Å². The number of nitrogens with one attached hydrogen (secondary N) is 1. The molecule has 0 spiro atoms. The standard InChI is InChI=1S/C10H13BrN2O3S/c1-6(2)13-10(14)7-3-8(11)5-9(4-7)17(12,15)16/h3-6H,1-2H3,(H,13,14)(H2,12,15,16). The van der Waals surface area contributed by atoms with Crippen LogP contribution in [0.4, 0.5) is 0 Å². The van der Waals surface area contributed by atoms with Crippen LogP contribution in [0.2, 0.25) is 0 Å². The molecular formula is C10H13BrN2O3S. The highest BCUT2D eigenvalue weighted by Gasteiger charge is 2.14. The van der Waals surface area contributed by atoms with Gasteiger partial charge in [-0.05, 0) is 32.0 Å². The van der Waals surface area contributed by atoms with Crippen molar-refractivity contribution in [2.75, 3.05) is 0 Å². The number of halogens is 1. The molecule has 0 saturated carbocycles. The van der Waals surface area contributed by atoms with Gasteiger partial charge in [0.15, 0.2) is 0 Å². The summed E-state index contributed by atoms with van der Waals surface area (Å²) in [5.41, 5.74) is 0.247. The third kappa shape index (κ3) is 4.10. The maximum absolute atomic E-state index is 11.7. The van der Waals surface area contributed by atoms with E-state index in [9.17, 15) is 13.2 Å². The van der Waals surface area contributed by atoms with E-state index in [0.717, 1.165) is 0 Å². The molecule has 5 nitrogen and oxygen atoms in total. The van der Waals surface area contributed by atoms with E-state index in [0.29, 0.717) is 4.47 Å². The summed E-state index contributed by atoms with van der Waals surface area (Å²) in [6.07, 6.45) is 0. The van der Waals surface area contributed by atoms with Gasteiger partial charge >= 0.3 is 0 Å². The van der Waals surface area contributed by atoms with E-state index in [1.54, 1.807) is 0 Å². The molecule has 1 aromatic rings. The van der Waals surface area contributed by atoms with E-state index in [-0.39, 0.29) is 22.4 Å². The third-order valence-corrected chi connectivity index (χ3v) is 3.23. The quantitative estimate of drug-likeness (QED) is 0.877. The summed E-state index contributed by atoms with van der Waals surface area (Å²) in [7, 11) is -3.82. The van der Waals surface area contributed by atoms with Gasteiger partial charge in [-0.15, -0.1) is 0 Å².